The van der Waals surface area contributed by atoms with Crippen LogP contribution in [0.1, 0.15) is 27.2 Å². The fraction of sp³-hybridized carbons (Fsp3) is 0.909. The molecule has 0 saturated carbocycles. The highest BCUT2D eigenvalue weighted by Gasteiger charge is 2.40. The summed E-state index contributed by atoms with van der Waals surface area (Å²) in [5, 5.41) is 0. The van der Waals surface area contributed by atoms with Gasteiger partial charge in [-0.3, -0.25) is 4.79 Å². The maximum Gasteiger partial charge on any atom is 0.242 e. The minimum absolute atomic E-state index is 0.0153. The largest absolute Gasteiger partial charge is 0.380 e. The molecule has 0 radical (unpaired) electrons. The Labute approximate surface area is 91.8 Å². The van der Waals surface area contributed by atoms with Crippen LogP contribution in [0.15, 0.2) is 0 Å². The maximum atomic E-state index is 11.9. The summed E-state index contributed by atoms with van der Waals surface area (Å²) in [6.07, 6.45) is 0.908. The Balaban J connectivity index is 2.49. The molecule has 0 aromatic heterocycles. The van der Waals surface area contributed by atoms with Crippen LogP contribution in [0.4, 0.5) is 0 Å². The average Bonchev–Trinajstić information content (AvgIpc) is 2.25. The van der Waals surface area contributed by atoms with Crippen molar-refractivity contribution in [2.24, 2.45) is 11.7 Å². The van der Waals surface area contributed by atoms with Gasteiger partial charge in [0.05, 0.1) is 6.10 Å². The van der Waals surface area contributed by atoms with Crippen molar-refractivity contribution in [3.8, 4) is 0 Å². The Kier molecular flexibility index (Phi) is 4.11. The molecular weight excluding hydrogens is 192 g/mol. The lowest BCUT2D eigenvalue weighted by Crippen LogP contribution is -2.62. The third-order valence-electron chi connectivity index (χ3n) is 3.58. The van der Waals surface area contributed by atoms with Crippen molar-refractivity contribution in [3.63, 3.8) is 0 Å². The SMILES string of the molecule is CCC1CN(C(=O)C(N)C(C)OC)C1C. The van der Waals surface area contributed by atoms with Gasteiger partial charge in [-0.1, -0.05) is 6.92 Å². The molecule has 1 fully saturated rings. The van der Waals surface area contributed by atoms with Gasteiger partial charge in [0, 0.05) is 19.7 Å². The first kappa shape index (κ1) is 12.5. The Morgan fingerprint density at radius 3 is 2.67 bits per heavy atom. The topological polar surface area (TPSA) is 55.6 Å². The number of ether oxygens (including phenoxy) is 1. The van der Waals surface area contributed by atoms with Gasteiger partial charge in [0.1, 0.15) is 6.04 Å². The van der Waals surface area contributed by atoms with Crippen molar-refractivity contribution in [1.82, 2.24) is 4.90 Å². The first-order valence-corrected chi connectivity index (χ1v) is 5.61. The maximum absolute atomic E-state index is 11.9. The van der Waals surface area contributed by atoms with Gasteiger partial charge in [-0.05, 0) is 26.2 Å². The molecule has 4 heteroatoms. The van der Waals surface area contributed by atoms with E-state index in [2.05, 4.69) is 13.8 Å². The fourth-order valence-electron chi connectivity index (χ4n) is 1.99. The molecule has 1 saturated heterocycles. The lowest BCUT2D eigenvalue weighted by Gasteiger charge is -2.47. The Morgan fingerprint density at radius 1 is 1.67 bits per heavy atom. The molecule has 1 aliphatic heterocycles. The summed E-state index contributed by atoms with van der Waals surface area (Å²) in [5.41, 5.74) is 5.81. The van der Waals surface area contributed by atoms with E-state index in [1.807, 2.05) is 11.8 Å². The second kappa shape index (κ2) is 4.94. The second-order valence-corrected chi connectivity index (χ2v) is 4.37. The highest BCUT2D eigenvalue weighted by atomic mass is 16.5. The molecule has 2 N–H and O–H groups in total. The van der Waals surface area contributed by atoms with Gasteiger partial charge in [0.2, 0.25) is 5.91 Å². The van der Waals surface area contributed by atoms with Crippen molar-refractivity contribution < 1.29 is 9.53 Å². The molecule has 1 rings (SSSR count). The first-order valence-electron chi connectivity index (χ1n) is 5.61. The number of rotatable bonds is 4. The van der Waals surface area contributed by atoms with E-state index in [0.29, 0.717) is 12.0 Å². The molecule has 4 unspecified atom stereocenters. The van der Waals surface area contributed by atoms with Crippen LogP contribution in [0.25, 0.3) is 0 Å². The van der Waals surface area contributed by atoms with Crippen molar-refractivity contribution >= 4 is 5.91 Å². The molecule has 1 heterocycles. The molecule has 0 aromatic rings. The molecule has 0 spiro atoms. The second-order valence-electron chi connectivity index (χ2n) is 4.37. The van der Waals surface area contributed by atoms with E-state index in [1.165, 1.54) is 0 Å². The van der Waals surface area contributed by atoms with E-state index in [1.54, 1.807) is 7.11 Å². The number of methoxy groups -OCH3 is 1. The van der Waals surface area contributed by atoms with Gasteiger partial charge < -0.3 is 15.4 Å². The molecule has 4 atom stereocenters. The number of carbonyl (C=O) groups excluding carboxylic acids is 1. The number of nitrogens with two attached hydrogens (primary N) is 1. The lowest BCUT2D eigenvalue weighted by molar-refractivity contribution is -0.147. The molecular formula is C11H22N2O2. The summed E-state index contributed by atoms with van der Waals surface area (Å²) in [6.45, 7) is 6.91. The zero-order chi connectivity index (χ0) is 11.6. The van der Waals surface area contributed by atoms with Crippen molar-refractivity contribution in [2.75, 3.05) is 13.7 Å². The molecule has 0 aliphatic carbocycles. The third kappa shape index (κ3) is 2.32. The number of carbonyl (C=O) groups is 1. The van der Waals surface area contributed by atoms with Crippen LogP contribution in [-0.2, 0) is 9.53 Å². The third-order valence-corrected chi connectivity index (χ3v) is 3.58. The normalized spacial score (nSPS) is 29.5. The zero-order valence-electron chi connectivity index (χ0n) is 10.1. The van der Waals surface area contributed by atoms with Gasteiger partial charge >= 0.3 is 0 Å². The molecule has 88 valence electrons. The van der Waals surface area contributed by atoms with E-state index in [4.69, 9.17) is 10.5 Å². The summed E-state index contributed by atoms with van der Waals surface area (Å²) < 4.78 is 5.07. The number of hydrogen-bond acceptors (Lipinski definition) is 3. The van der Waals surface area contributed by atoms with E-state index >= 15 is 0 Å². The van der Waals surface area contributed by atoms with E-state index < -0.39 is 6.04 Å². The number of hydrogen-bond donors (Lipinski definition) is 1. The van der Waals surface area contributed by atoms with Gasteiger partial charge in [0.25, 0.3) is 0 Å². The summed E-state index contributed by atoms with van der Waals surface area (Å²) in [7, 11) is 1.58. The highest BCUT2D eigenvalue weighted by Crippen LogP contribution is 2.27. The highest BCUT2D eigenvalue weighted by molar-refractivity contribution is 5.83. The smallest absolute Gasteiger partial charge is 0.242 e. The Hall–Kier alpha value is -0.610. The van der Waals surface area contributed by atoms with Crippen LogP contribution in [0, 0.1) is 5.92 Å². The molecule has 1 aliphatic rings. The van der Waals surface area contributed by atoms with Crippen molar-refractivity contribution in [2.45, 2.75) is 45.4 Å². The summed E-state index contributed by atoms with van der Waals surface area (Å²) in [6, 6.07) is -0.201. The Bertz CT molecular complexity index is 233. The van der Waals surface area contributed by atoms with E-state index in [0.717, 1.165) is 13.0 Å². The summed E-state index contributed by atoms with van der Waals surface area (Å²) >= 11 is 0. The minimum Gasteiger partial charge on any atom is -0.380 e. The van der Waals surface area contributed by atoms with E-state index in [9.17, 15) is 4.79 Å². The summed E-state index contributed by atoms with van der Waals surface area (Å²) in [5.74, 6) is 0.653. The quantitative estimate of drug-likeness (QED) is 0.746. The lowest BCUT2D eigenvalue weighted by atomic mass is 9.87. The molecule has 15 heavy (non-hydrogen) atoms. The van der Waals surface area contributed by atoms with Gasteiger partial charge in [0.15, 0.2) is 0 Å². The Morgan fingerprint density at radius 2 is 2.27 bits per heavy atom. The predicted molar refractivity (Wildman–Crippen MR) is 59.4 cm³/mol. The van der Waals surface area contributed by atoms with Crippen LogP contribution >= 0.6 is 0 Å². The molecule has 4 nitrogen and oxygen atoms in total. The van der Waals surface area contributed by atoms with Gasteiger partial charge in [-0.25, -0.2) is 0 Å². The van der Waals surface area contributed by atoms with Gasteiger partial charge in [-0.2, -0.15) is 0 Å². The van der Waals surface area contributed by atoms with Gasteiger partial charge in [-0.15, -0.1) is 0 Å². The van der Waals surface area contributed by atoms with Crippen LogP contribution < -0.4 is 5.73 Å². The molecule has 1 amide bonds. The summed E-state index contributed by atoms with van der Waals surface area (Å²) in [4.78, 5) is 13.8. The van der Waals surface area contributed by atoms with Crippen LogP contribution in [0.2, 0.25) is 0 Å². The van der Waals surface area contributed by atoms with Crippen LogP contribution in [0.5, 0.6) is 0 Å². The fourth-order valence-corrected chi connectivity index (χ4v) is 1.99. The minimum atomic E-state index is -0.532. The van der Waals surface area contributed by atoms with Crippen LogP contribution in [0.3, 0.4) is 0 Å². The monoisotopic (exact) mass is 214 g/mol. The number of amides is 1. The standard InChI is InChI=1S/C11H22N2O2/c1-5-9-6-13(7(9)2)11(14)10(12)8(3)15-4/h7-10H,5-6,12H2,1-4H3. The predicted octanol–water partition coefficient (Wildman–Crippen LogP) is 0.605. The van der Waals surface area contributed by atoms with Crippen molar-refractivity contribution in [3.05, 3.63) is 0 Å². The van der Waals surface area contributed by atoms with Crippen LogP contribution in [-0.4, -0.2) is 42.6 Å². The number of nitrogens with zero attached hydrogens (tertiary/aromatic N) is 1. The number of likely N-dealkylation sites (tertiary alicyclic amines) is 1. The molecule has 0 aromatic carbocycles. The first-order chi connectivity index (χ1) is 7.02. The van der Waals surface area contributed by atoms with E-state index in [-0.39, 0.29) is 12.0 Å². The van der Waals surface area contributed by atoms with Crippen molar-refractivity contribution in [1.29, 1.82) is 0 Å². The zero-order valence-corrected chi connectivity index (χ0v) is 10.1. The average molecular weight is 214 g/mol. The molecule has 0 bridgehead atoms.